The summed E-state index contributed by atoms with van der Waals surface area (Å²) in [5, 5.41) is 15.2. The minimum atomic E-state index is -4.10. The molecule has 3 heterocycles. The van der Waals surface area contributed by atoms with Crippen LogP contribution < -0.4 is 11.1 Å². The summed E-state index contributed by atoms with van der Waals surface area (Å²) in [5.41, 5.74) is 3.15. The maximum Gasteiger partial charge on any atom is 0.340 e. The number of carbonyl (C=O) groups excluding carboxylic acids is 2. The molecule has 170 valence electrons. The van der Waals surface area contributed by atoms with Gasteiger partial charge >= 0.3 is 5.97 Å². The van der Waals surface area contributed by atoms with Crippen LogP contribution in [0.1, 0.15) is 12.7 Å². The number of hydrogen-bond acceptors (Lipinski definition) is 13. The van der Waals surface area contributed by atoms with Crippen molar-refractivity contribution in [2.75, 3.05) is 30.9 Å². The van der Waals surface area contributed by atoms with E-state index in [4.69, 9.17) is 14.8 Å². The second-order valence-corrected chi connectivity index (χ2v) is 9.98. The van der Waals surface area contributed by atoms with Crippen LogP contribution in [0, 0.1) is 0 Å². The molecule has 2 aliphatic heterocycles. The van der Waals surface area contributed by atoms with E-state index in [9.17, 15) is 27.9 Å². The molecule has 0 aromatic carbocycles. The summed E-state index contributed by atoms with van der Waals surface area (Å²) in [6.07, 6.45) is 0.730. The summed E-state index contributed by atoms with van der Waals surface area (Å²) < 4.78 is 31.7. The minimum absolute atomic E-state index is 0.0696. The van der Waals surface area contributed by atoms with Crippen LogP contribution in [0.4, 0.5) is 5.13 Å². The van der Waals surface area contributed by atoms with Crippen LogP contribution in [-0.4, -0.2) is 93.5 Å². The lowest BCUT2D eigenvalue weighted by Gasteiger charge is -2.52. The van der Waals surface area contributed by atoms with Gasteiger partial charge in [0.15, 0.2) is 5.13 Å². The van der Waals surface area contributed by atoms with Crippen molar-refractivity contribution in [1.29, 1.82) is 0 Å². The quantitative estimate of drug-likeness (QED) is 0.156. The van der Waals surface area contributed by atoms with Crippen molar-refractivity contribution in [2.45, 2.75) is 23.9 Å². The summed E-state index contributed by atoms with van der Waals surface area (Å²) >= 11 is 1.82. The zero-order valence-electron chi connectivity index (χ0n) is 16.2. The Morgan fingerprint density at radius 2 is 2.19 bits per heavy atom. The van der Waals surface area contributed by atoms with Crippen LogP contribution in [0.15, 0.2) is 5.16 Å². The molecular formula is C14H18N6O8S3. The van der Waals surface area contributed by atoms with Gasteiger partial charge in [-0.25, -0.2) is 8.98 Å². The highest BCUT2D eigenvalue weighted by Gasteiger charge is 2.59. The molecule has 1 aromatic heterocycles. The number of nitrogens with one attached hydrogen (secondary N) is 1. The number of nitrogen functional groups attached to an aromatic ring is 1. The van der Waals surface area contributed by atoms with Gasteiger partial charge in [0, 0.05) is 17.3 Å². The molecular weight excluding hydrogens is 476 g/mol. The first kappa shape index (κ1) is 23.2. The fraction of sp³-hybridized carbons (Fsp3) is 0.571. The number of anilines is 1. The SMILES string of the molecule is CCON=C(C(=O)NC1C(=O)N2CC(OS(C)(=O)=O)(C(=O)O)CS[C@H]12)c1nsc(N)n1. The number of hydrogen-bond donors (Lipinski definition) is 3. The third-order valence-corrected chi connectivity index (χ3v) is 6.86. The Morgan fingerprint density at radius 3 is 2.74 bits per heavy atom. The number of amides is 2. The number of carboxylic acid groups (broad SMARTS) is 1. The van der Waals surface area contributed by atoms with Crippen LogP contribution in [0.5, 0.6) is 0 Å². The largest absolute Gasteiger partial charge is 0.479 e. The van der Waals surface area contributed by atoms with Gasteiger partial charge in [0.25, 0.3) is 16.0 Å². The summed E-state index contributed by atoms with van der Waals surface area (Å²) in [6, 6.07) is -0.995. The highest BCUT2D eigenvalue weighted by atomic mass is 32.2. The van der Waals surface area contributed by atoms with Gasteiger partial charge in [-0.2, -0.15) is 17.8 Å². The van der Waals surface area contributed by atoms with Crippen LogP contribution in [0.25, 0.3) is 0 Å². The molecule has 2 aliphatic rings. The number of carbonyl (C=O) groups is 3. The molecule has 0 spiro atoms. The van der Waals surface area contributed by atoms with Crippen molar-refractivity contribution in [1.82, 2.24) is 19.6 Å². The molecule has 17 heteroatoms. The number of carboxylic acids is 1. The molecule has 2 unspecified atom stereocenters. The van der Waals surface area contributed by atoms with E-state index in [1.165, 1.54) is 0 Å². The van der Waals surface area contributed by atoms with Crippen molar-refractivity contribution in [3.8, 4) is 0 Å². The van der Waals surface area contributed by atoms with Crippen molar-refractivity contribution in [3.63, 3.8) is 0 Å². The molecule has 0 bridgehead atoms. The second kappa shape index (κ2) is 8.56. The molecule has 0 saturated carbocycles. The van der Waals surface area contributed by atoms with Gasteiger partial charge in [-0.05, 0) is 6.92 Å². The Bertz CT molecular complexity index is 1040. The molecule has 0 radical (unpaired) electrons. The van der Waals surface area contributed by atoms with Crippen LogP contribution >= 0.6 is 23.3 Å². The zero-order chi connectivity index (χ0) is 23.0. The lowest BCUT2D eigenvalue weighted by Crippen LogP contribution is -2.75. The first-order valence-electron chi connectivity index (χ1n) is 8.64. The standard InChI is InChI=1S/C14H18N6O8S3/c1-3-27-18-6(8-17-13(15)30-19-8)9(21)16-7-10(22)20-4-14(12(23)24,5-29-11(7)20)28-31(2,25)26/h7,11H,3-5H2,1-2H3,(H,16,21)(H,23,24)(H2,15,17,19)/t7?,11-,14?/m1/s1. The number of oxime groups is 1. The molecule has 0 aliphatic carbocycles. The van der Waals surface area contributed by atoms with E-state index >= 15 is 0 Å². The summed E-state index contributed by atoms with van der Waals surface area (Å²) in [5.74, 6) is -3.22. The molecule has 1 aromatic rings. The number of aromatic nitrogens is 2. The molecule has 2 saturated heterocycles. The van der Waals surface area contributed by atoms with Gasteiger partial charge in [0.1, 0.15) is 18.0 Å². The molecule has 2 fully saturated rings. The minimum Gasteiger partial charge on any atom is -0.479 e. The molecule has 3 rings (SSSR count). The van der Waals surface area contributed by atoms with E-state index in [0.717, 1.165) is 34.5 Å². The first-order chi connectivity index (χ1) is 14.5. The Kier molecular flexibility index (Phi) is 6.40. The maximum atomic E-state index is 12.7. The number of thioether (sulfide) groups is 1. The molecule has 2 amide bonds. The highest BCUT2D eigenvalue weighted by Crippen LogP contribution is 2.40. The summed E-state index contributed by atoms with van der Waals surface area (Å²) in [6.45, 7) is 1.34. The van der Waals surface area contributed by atoms with Crippen LogP contribution in [-0.2, 0) is 33.5 Å². The summed E-state index contributed by atoms with van der Waals surface area (Å²) in [7, 11) is -4.10. The number of fused-ring (bicyclic) bond motifs is 1. The van der Waals surface area contributed by atoms with E-state index in [1.54, 1.807) is 6.92 Å². The van der Waals surface area contributed by atoms with Gasteiger partial charge in [-0.3, -0.25) is 9.59 Å². The lowest BCUT2D eigenvalue weighted by atomic mass is 9.99. The smallest absolute Gasteiger partial charge is 0.340 e. The van der Waals surface area contributed by atoms with Crippen molar-refractivity contribution in [3.05, 3.63) is 5.82 Å². The van der Waals surface area contributed by atoms with Crippen LogP contribution in [0.2, 0.25) is 0 Å². The number of nitrogens with two attached hydrogens (primary N) is 1. The number of rotatable bonds is 8. The van der Waals surface area contributed by atoms with E-state index in [-0.39, 0.29) is 29.0 Å². The Morgan fingerprint density at radius 1 is 1.48 bits per heavy atom. The van der Waals surface area contributed by atoms with Crippen LogP contribution in [0.3, 0.4) is 0 Å². The van der Waals surface area contributed by atoms with Crippen molar-refractivity contribution in [2.24, 2.45) is 5.16 Å². The average molecular weight is 495 g/mol. The third-order valence-electron chi connectivity index (χ3n) is 4.20. The average Bonchev–Trinajstić information content (AvgIpc) is 3.11. The fourth-order valence-electron chi connectivity index (χ4n) is 2.91. The molecule has 14 nitrogen and oxygen atoms in total. The number of nitrogens with zero attached hydrogens (tertiary/aromatic N) is 4. The predicted molar refractivity (Wildman–Crippen MR) is 109 cm³/mol. The predicted octanol–water partition coefficient (Wildman–Crippen LogP) is -1.94. The molecule has 4 N–H and O–H groups in total. The maximum absolute atomic E-state index is 12.7. The van der Waals surface area contributed by atoms with Crippen molar-refractivity contribution < 1.29 is 36.9 Å². The topological polar surface area (TPSA) is 203 Å². The van der Waals surface area contributed by atoms with E-state index in [0.29, 0.717) is 0 Å². The Labute approximate surface area is 184 Å². The highest BCUT2D eigenvalue weighted by molar-refractivity contribution is 8.00. The third kappa shape index (κ3) is 4.73. The van der Waals surface area contributed by atoms with Gasteiger partial charge in [-0.1, -0.05) is 5.16 Å². The van der Waals surface area contributed by atoms with Gasteiger partial charge in [-0.15, -0.1) is 11.8 Å². The lowest BCUT2D eigenvalue weighted by molar-refractivity contribution is -0.163. The monoisotopic (exact) mass is 494 g/mol. The van der Waals surface area contributed by atoms with E-state index in [2.05, 4.69) is 19.8 Å². The number of aliphatic carboxylic acids is 1. The van der Waals surface area contributed by atoms with E-state index < -0.39 is 51.5 Å². The van der Waals surface area contributed by atoms with E-state index in [1.807, 2.05) is 0 Å². The molecule has 3 atom stereocenters. The normalized spacial score (nSPS) is 26.1. The molecule has 31 heavy (non-hydrogen) atoms. The second-order valence-electron chi connectivity index (χ2n) is 6.52. The summed E-state index contributed by atoms with van der Waals surface area (Å²) in [4.78, 5) is 46.9. The number of β-lactam (4-membered cyclic amide) rings is 1. The Balaban J connectivity index is 1.74. The zero-order valence-corrected chi connectivity index (χ0v) is 18.6. The Hall–Kier alpha value is -2.50. The first-order valence-corrected chi connectivity index (χ1v) is 12.3. The van der Waals surface area contributed by atoms with Gasteiger partial charge < -0.3 is 25.9 Å². The van der Waals surface area contributed by atoms with Gasteiger partial charge in [0.05, 0.1) is 12.8 Å². The van der Waals surface area contributed by atoms with Crippen molar-refractivity contribution >= 4 is 62.0 Å². The van der Waals surface area contributed by atoms with Gasteiger partial charge in [0.2, 0.25) is 23.0 Å². The fourth-order valence-corrected chi connectivity index (χ4v) is 5.63.